The molecular formula is C15H29N3O. The van der Waals surface area contributed by atoms with Crippen LogP contribution in [-0.2, 0) is 4.79 Å². The number of carbonyl (C=O) groups excluding carboxylic acids is 1. The molecular weight excluding hydrogens is 238 g/mol. The van der Waals surface area contributed by atoms with E-state index in [0.29, 0.717) is 12.1 Å². The van der Waals surface area contributed by atoms with Crippen LogP contribution in [0.5, 0.6) is 0 Å². The van der Waals surface area contributed by atoms with Gasteiger partial charge in [0.2, 0.25) is 5.91 Å². The first kappa shape index (κ1) is 14.8. The fraction of sp³-hybridized carbons (Fsp3) is 0.933. The van der Waals surface area contributed by atoms with Crippen LogP contribution in [0, 0.1) is 0 Å². The number of likely N-dealkylation sites (tertiary alicyclic amines) is 1. The molecule has 3 unspecified atom stereocenters. The normalized spacial score (nSPS) is 37.2. The van der Waals surface area contributed by atoms with Crippen molar-refractivity contribution in [2.45, 2.75) is 82.3 Å². The van der Waals surface area contributed by atoms with E-state index in [1.54, 1.807) is 0 Å². The van der Waals surface area contributed by atoms with Crippen molar-refractivity contribution in [2.24, 2.45) is 11.5 Å². The molecule has 4 heteroatoms. The zero-order chi connectivity index (χ0) is 13.9. The molecule has 1 aliphatic heterocycles. The number of rotatable bonds is 4. The maximum Gasteiger partial charge on any atom is 0.237 e. The first-order valence-electron chi connectivity index (χ1n) is 7.91. The van der Waals surface area contributed by atoms with Gasteiger partial charge in [-0.2, -0.15) is 0 Å². The van der Waals surface area contributed by atoms with Gasteiger partial charge in [-0.1, -0.05) is 19.8 Å². The summed E-state index contributed by atoms with van der Waals surface area (Å²) in [6.07, 6.45) is 10.1. The lowest BCUT2D eigenvalue weighted by molar-refractivity contribution is -0.125. The highest BCUT2D eigenvalue weighted by Gasteiger charge is 2.41. The monoisotopic (exact) mass is 267 g/mol. The molecule has 1 amide bonds. The molecule has 0 bridgehead atoms. The Morgan fingerprint density at radius 3 is 2.79 bits per heavy atom. The number of carbonyl (C=O) groups is 1. The van der Waals surface area contributed by atoms with Crippen LogP contribution in [0.3, 0.4) is 0 Å². The van der Waals surface area contributed by atoms with Gasteiger partial charge in [-0.3, -0.25) is 9.69 Å². The second-order valence-electron chi connectivity index (χ2n) is 6.45. The summed E-state index contributed by atoms with van der Waals surface area (Å²) in [4.78, 5) is 14.2. The van der Waals surface area contributed by atoms with E-state index in [1.165, 1.54) is 45.1 Å². The third-order valence-corrected chi connectivity index (χ3v) is 5.01. The molecule has 0 aromatic rings. The van der Waals surface area contributed by atoms with Crippen molar-refractivity contribution in [3.05, 3.63) is 0 Å². The third kappa shape index (κ3) is 3.29. The molecule has 110 valence electrons. The second kappa shape index (κ2) is 6.23. The van der Waals surface area contributed by atoms with Gasteiger partial charge in [0.1, 0.15) is 0 Å². The molecule has 1 saturated heterocycles. The van der Waals surface area contributed by atoms with E-state index >= 15 is 0 Å². The maximum atomic E-state index is 11.6. The standard InChI is InChI=1S/C15H29N3O/c1-2-6-12-7-3-4-10-18(12)13-8-5-9-15(17,11-13)14(16)19/h12-13H,2-11,17H2,1H3,(H2,16,19). The molecule has 19 heavy (non-hydrogen) atoms. The van der Waals surface area contributed by atoms with Crippen LogP contribution in [0.4, 0.5) is 0 Å². The van der Waals surface area contributed by atoms with Gasteiger partial charge in [0, 0.05) is 12.1 Å². The minimum Gasteiger partial charge on any atom is -0.368 e. The average Bonchev–Trinajstić information content (AvgIpc) is 2.40. The lowest BCUT2D eigenvalue weighted by Gasteiger charge is -2.46. The van der Waals surface area contributed by atoms with E-state index < -0.39 is 5.54 Å². The zero-order valence-electron chi connectivity index (χ0n) is 12.2. The first-order valence-corrected chi connectivity index (χ1v) is 7.91. The van der Waals surface area contributed by atoms with Crippen LogP contribution >= 0.6 is 0 Å². The minimum absolute atomic E-state index is 0.318. The number of piperidine rings is 1. The summed E-state index contributed by atoms with van der Waals surface area (Å²) in [5.74, 6) is -0.318. The number of hydrogen-bond donors (Lipinski definition) is 2. The van der Waals surface area contributed by atoms with Gasteiger partial charge in [0.25, 0.3) is 0 Å². The van der Waals surface area contributed by atoms with Crippen molar-refractivity contribution in [3.8, 4) is 0 Å². The number of primary amides is 1. The van der Waals surface area contributed by atoms with E-state index in [1.807, 2.05) is 0 Å². The molecule has 4 nitrogen and oxygen atoms in total. The van der Waals surface area contributed by atoms with Crippen LogP contribution in [-0.4, -0.2) is 35.0 Å². The highest BCUT2D eigenvalue weighted by atomic mass is 16.1. The van der Waals surface area contributed by atoms with Crippen molar-refractivity contribution in [1.82, 2.24) is 4.90 Å². The predicted molar refractivity (Wildman–Crippen MR) is 77.6 cm³/mol. The summed E-state index contributed by atoms with van der Waals surface area (Å²) in [5.41, 5.74) is 11.0. The van der Waals surface area contributed by atoms with Gasteiger partial charge >= 0.3 is 0 Å². The van der Waals surface area contributed by atoms with Gasteiger partial charge < -0.3 is 11.5 Å². The molecule has 2 rings (SSSR count). The van der Waals surface area contributed by atoms with Crippen molar-refractivity contribution < 1.29 is 4.79 Å². The van der Waals surface area contributed by atoms with Gasteiger partial charge in [0.15, 0.2) is 0 Å². The molecule has 4 N–H and O–H groups in total. The molecule has 0 aromatic carbocycles. The molecule has 0 aromatic heterocycles. The Morgan fingerprint density at radius 1 is 1.32 bits per heavy atom. The highest BCUT2D eigenvalue weighted by molar-refractivity contribution is 5.84. The fourth-order valence-corrected chi connectivity index (χ4v) is 3.93. The van der Waals surface area contributed by atoms with Gasteiger partial charge in [-0.15, -0.1) is 0 Å². The van der Waals surface area contributed by atoms with Crippen LogP contribution in [0.25, 0.3) is 0 Å². The fourth-order valence-electron chi connectivity index (χ4n) is 3.93. The highest BCUT2D eigenvalue weighted by Crippen LogP contribution is 2.33. The summed E-state index contributed by atoms with van der Waals surface area (Å²) in [6.45, 7) is 3.43. The zero-order valence-corrected chi connectivity index (χ0v) is 12.2. The third-order valence-electron chi connectivity index (χ3n) is 5.01. The Hall–Kier alpha value is -0.610. The lowest BCUT2D eigenvalue weighted by Crippen LogP contribution is -2.59. The summed E-state index contributed by atoms with van der Waals surface area (Å²) in [5, 5.41) is 0. The summed E-state index contributed by atoms with van der Waals surface area (Å²) < 4.78 is 0. The van der Waals surface area contributed by atoms with Crippen LogP contribution < -0.4 is 11.5 Å². The van der Waals surface area contributed by atoms with E-state index in [-0.39, 0.29) is 5.91 Å². The SMILES string of the molecule is CCCC1CCCCN1C1CCCC(N)(C(N)=O)C1. The average molecular weight is 267 g/mol. The lowest BCUT2D eigenvalue weighted by atomic mass is 9.77. The Labute approximate surface area is 116 Å². The molecule has 1 saturated carbocycles. The smallest absolute Gasteiger partial charge is 0.237 e. The van der Waals surface area contributed by atoms with Crippen molar-refractivity contribution in [3.63, 3.8) is 0 Å². The quantitative estimate of drug-likeness (QED) is 0.815. The number of nitrogens with two attached hydrogens (primary N) is 2. The van der Waals surface area contributed by atoms with Crippen molar-refractivity contribution in [2.75, 3.05) is 6.54 Å². The second-order valence-corrected chi connectivity index (χ2v) is 6.45. The minimum atomic E-state index is -0.767. The van der Waals surface area contributed by atoms with E-state index in [2.05, 4.69) is 11.8 Å². The van der Waals surface area contributed by atoms with Crippen LogP contribution in [0.2, 0.25) is 0 Å². The summed E-state index contributed by atoms with van der Waals surface area (Å²) in [7, 11) is 0. The molecule has 1 aliphatic carbocycles. The first-order chi connectivity index (χ1) is 9.07. The predicted octanol–water partition coefficient (Wildman–Crippen LogP) is 1.77. The van der Waals surface area contributed by atoms with E-state index in [9.17, 15) is 4.79 Å². The Balaban J connectivity index is 2.04. The number of nitrogens with zero attached hydrogens (tertiary/aromatic N) is 1. The van der Waals surface area contributed by atoms with Crippen LogP contribution in [0.1, 0.15) is 64.7 Å². The van der Waals surface area contributed by atoms with Gasteiger partial charge in [0.05, 0.1) is 5.54 Å². The number of amides is 1. The van der Waals surface area contributed by atoms with Crippen molar-refractivity contribution in [1.29, 1.82) is 0 Å². The molecule has 3 atom stereocenters. The largest absolute Gasteiger partial charge is 0.368 e. The van der Waals surface area contributed by atoms with E-state index in [0.717, 1.165) is 19.3 Å². The molecule has 0 radical (unpaired) electrons. The molecule has 2 aliphatic rings. The van der Waals surface area contributed by atoms with Crippen molar-refractivity contribution >= 4 is 5.91 Å². The van der Waals surface area contributed by atoms with Crippen LogP contribution in [0.15, 0.2) is 0 Å². The summed E-state index contributed by atoms with van der Waals surface area (Å²) >= 11 is 0. The number of hydrogen-bond acceptors (Lipinski definition) is 3. The Morgan fingerprint density at radius 2 is 2.11 bits per heavy atom. The Kier molecular flexibility index (Phi) is 4.85. The van der Waals surface area contributed by atoms with E-state index in [4.69, 9.17) is 11.5 Å². The topological polar surface area (TPSA) is 72.3 Å². The summed E-state index contributed by atoms with van der Waals surface area (Å²) in [6, 6.07) is 1.15. The molecule has 2 fully saturated rings. The van der Waals surface area contributed by atoms with Gasteiger partial charge in [-0.25, -0.2) is 0 Å². The molecule has 1 heterocycles. The maximum absolute atomic E-state index is 11.6. The Bertz CT molecular complexity index is 319. The van der Waals surface area contributed by atoms with Gasteiger partial charge in [-0.05, 0) is 51.5 Å². The molecule has 0 spiro atoms.